The molecule has 0 atom stereocenters. The van der Waals surface area contributed by atoms with E-state index in [0.29, 0.717) is 5.57 Å². The number of hydrogen-bond donors (Lipinski definition) is 0. The lowest BCUT2D eigenvalue weighted by Crippen LogP contribution is -2.11. The molecular formula is C13H27NO6. The summed E-state index contributed by atoms with van der Waals surface area (Å²) in [5, 5.41) is 3.34. The topological polar surface area (TPSA) is 83.4 Å². The van der Waals surface area contributed by atoms with Gasteiger partial charge in [-0.1, -0.05) is 20.0 Å². The summed E-state index contributed by atoms with van der Waals surface area (Å²) in [5.74, 6) is -0.839. The molecule has 20 heavy (non-hydrogen) atoms. The number of esters is 2. The molecule has 0 aliphatic carbocycles. The van der Waals surface area contributed by atoms with Gasteiger partial charge in [0, 0.05) is 0 Å². The van der Waals surface area contributed by atoms with Gasteiger partial charge >= 0.3 is 11.9 Å². The number of nitrogens with zero attached hydrogens (tertiary/aromatic N) is 1. The van der Waals surface area contributed by atoms with Gasteiger partial charge in [-0.15, -0.1) is 0 Å². The molecule has 0 bridgehead atoms. The fraction of sp³-hybridized carbons (Fsp3) is 0.615. The Hall–Kier alpha value is -2.05. The van der Waals surface area contributed by atoms with Crippen molar-refractivity contribution in [1.82, 2.24) is 0 Å². The quantitative estimate of drug-likeness (QED) is 0.260. The van der Waals surface area contributed by atoms with Crippen LogP contribution in [0.3, 0.4) is 0 Å². The number of oxime groups is 1. The van der Waals surface area contributed by atoms with Crippen molar-refractivity contribution in [3.05, 3.63) is 11.8 Å². The average Bonchev–Trinajstić information content (AvgIpc) is 2.38. The summed E-state index contributed by atoms with van der Waals surface area (Å²) in [6, 6.07) is 0. The minimum absolute atomic E-state index is 0. The predicted octanol–water partition coefficient (Wildman–Crippen LogP) is 2.16. The molecule has 0 aliphatic heterocycles. The first-order chi connectivity index (χ1) is 8.44. The van der Waals surface area contributed by atoms with Gasteiger partial charge in [-0.3, -0.25) is 0 Å². The molecule has 0 unspecified atom stereocenters. The number of carbonyl (C=O) groups excluding carboxylic acids is 2. The van der Waals surface area contributed by atoms with E-state index in [0.717, 1.165) is 0 Å². The van der Waals surface area contributed by atoms with Gasteiger partial charge in [0.1, 0.15) is 7.11 Å². The van der Waals surface area contributed by atoms with Crippen molar-refractivity contribution >= 4 is 17.7 Å². The Kier molecular flexibility index (Phi) is 22.5. The predicted molar refractivity (Wildman–Crippen MR) is 78.4 cm³/mol. The van der Waals surface area contributed by atoms with E-state index < -0.39 is 5.97 Å². The van der Waals surface area contributed by atoms with Crippen molar-refractivity contribution in [1.29, 1.82) is 0 Å². The zero-order valence-corrected chi connectivity index (χ0v) is 11.5. The third kappa shape index (κ3) is 14.0. The summed E-state index contributed by atoms with van der Waals surface area (Å²) in [7, 11) is 5.46. The van der Waals surface area contributed by atoms with Gasteiger partial charge < -0.3 is 19.0 Å². The van der Waals surface area contributed by atoms with E-state index in [9.17, 15) is 9.59 Å². The maximum Gasteiger partial charge on any atom is 0.355 e. The lowest BCUT2D eigenvalue weighted by molar-refractivity contribution is -0.136. The molecule has 0 aromatic carbocycles. The third-order valence-electron chi connectivity index (χ3n) is 1.51. The Labute approximate surface area is 121 Å². The number of carbonyl (C=O) groups is 2. The highest BCUT2D eigenvalue weighted by Crippen LogP contribution is 1.93. The molecule has 0 rings (SSSR count). The molecule has 0 radical (unpaired) electrons. The van der Waals surface area contributed by atoms with E-state index >= 15 is 0 Å². The van der Waals surface area contributed by atoms with Crippen LogP contribution in [0.4, 0.5) is 0 Å². The molecule has 7 heteroatoms. The van der Waals surface area contributed by atoms with Gasteiger partial charge in [0.15, 0.2) is 5.71 Å². The first kappa shape index (κ1) is 26.5. The fourth-order valence-corrected chi connectivity index (χ4v) is 0.708. The second kappa shape index (κ2) is 16.9. The molecule has 0 saturated carbocycles. The van der Waals surface area contributed by atoms with Crippen LogP contribution >= 0.6 is 0 Å². The monoisotopic (exact) mass is 293 g/mol. The van der Waals surface area contributed by atoms with Crippen LogP contribution in [-0.4, -0.2) is 46.1 Å². The maximum atomic E-state index is 10.5. The SMILES string of the molecule is C.C.CO/C=C(\C)C(=O)OC.CO/N=C(\C)C(=O)OC. The molecule has 0 spiro atoms. The number of rotatable bonds is 4. The van der Waals surface area contributed by atoms with Gasteiger partial charge in [-0.2, -0.15) is 0 Å². The number of ether oxygens (including phenoxy) is 3. The molecule has 120 valence electrons. The molecule has 0 aromatic rings. The molecule has 0 heterocycles. The maximum absolute atomic E-state index is 10.5. The Morgan fingerprint density at radius 1 is 0.900 bits per heavy atom. The molecular weight excluding hydrogens is 266 g/mol. The highest BCUT2D eigenvalue weighted by molar-refractivity contribution is 6.35. The zero-order valence-electron chi connectivity index (χ0n) is 11.5. The normalized spacial score (nSPS) is 9.70. The van der Waals surface area contributed by atoms with E-state index in [2.05, 4.69) is 24.2 Å². The van der Waals surface area contributed by atoms with Gasteiger partial charge in [-0.05, 0) is 13.8 Å². The summed E-state index contributed by atoms with van der Waals surface area (Å²) in [6.45, 7) is 3.13. The van der Waals surface area contributed by atoms with Crippen molar-refractivity contribution in [2.75, 3.05) is 28.4 Å². The summed E-state index contributed by atoms with van der Waals surface area (Å²) < 4.78 is 13.3. The fourth-order valence-electron chi connectivity index (χ4n) is 0.708. The van der Waals surface area contributed by atoms with Gasteiger partial charge in [-0.25, -0.2) is 9.59 Å². The Morgan fingerprint density at radius 2 is 1.35 bits per heavy atom. The first-order valence-electron chi connectivity index (χ1n) is 4.88. The third-order valence-corrected chi connectivity index (χ3v) is 1.51. The zero-order chi connectivity index (χ0) is 14.6. The van der Waals surface area contributed by atoms with Crippen molar-refractivity contribution in [3.63, 3.8) is 0 Å². The lowest BCUT2D eigenvalue weighted by atomic mass is 10.3. The summed E-state index contributed by atoms with van der Waals surface area (Å²) in [5.41, 5.74) is 0.667. The van der Waals surface area contributed by atoms with Crippen LogP contribution in [-0.2, 0) is 28.6 Å². The summed E-state index contributed by atoms with van der Waals surface area (Å²) >= 11 is 0. The van der Waals surface area contributed by atoms with E-state index in [4.69, 9.17) is 0 Å². The van der Waals surface area contributed by atoms with Crippen LogP contribution in [0.25, 0.3) is 0 Å². The average molecular weight is 293 g/mol. The lowest BCUT2D eigenvalue weighted by Gasteiger charge is -1.95. The molecule has 0 aliphatic rings. The molecule has 0 amide bonds. The van der Waals surface area contributed by atoms with Gasteiger partial charge in [0.25, 0.3) is 0 Å². The molecule has 0 N–H and O–H groups in total. The van der Waals surface area contributed by atoms with Crippen molar-refractivity contribution in [2.45, 2.75) is 28.7 Å². The van der Waals surface area contributed by atoms with Crippen LogP contribution in [0.2, 0.25) is 0 Å². The second-order valence-electron chi connectivity index (χ2n) is 2.88. The van der Waals surface area contributed by atoms with Crippen molar-refractivity contribution < 1.29 is 28.6 Å². The van der Waals surface area contributed by atoms with Gasteiger partial charge in [0.05, 0.1) is 33.2 Å². The Bertz CT molecular complexity index is 291. The van der Waals surface area contributed by atoms with Crippen LogP contribution in [0.15, 0.2) is 17.0 Å². The highest BCUT2D eigenvalue weighted by atomic mass is 16.6. The van der Waals surface area contributed by atoms with Crippen molar-refractivity contribution in [3.8, 4) is 0 Å². The summed E-state index contributed by atoms with van der Waals surface area (Å²) in [6.07, 6.45) is 1.34. The van der Waals surface area contributed by atoms with Crippen LogP contribution in [0, 0.1) is 0 Å². The van der Waals surface area contributed by atoms with Gasteiger partial charge in [0.2, 0.25) is 0 Å². The van der Waals surface area contributed by atoms with E-state index in [1.807, 2.05) is 0 Å². The highest BCUT2D eigenvalue weighted by Gasteiger charge is 2.03. The van der Waals surface area contributed by atoms with E-state index in [1.165, 1.54) is 41.6 Å². The molecule has 0 aromatic heterocycles. The minimum atomic E-state index is -0.475. The van der Waals surface area contributed by atoms with Crippen LogP contribution in [0.5, 0.6) is 0 Å². The van der Waals surface area contributed by atoms with Crippen molar-refractivity contribution in [2.24, 2.45) is 5.16 Å². The number of hydrogen-bond acceptors (Lipinski definition) is 7. The molecule has 0 fully saturated rings. The molecule has 7 nitrogen and oxygen atoms in total. The summed E-state index contributed by atoms with van der Waals surface area (Å²) in [4.78, 5) is 25.3. The first-order valence-corrected chi connectivity index (χ1v) is 4.88. The molecule has 0 saturated heterocycles. The van der Waals surface area contributed by atoms with Crippen LogP contribution < -0.4 is 0 Å². The Morgan fingerprint density at radius 3 is 1.65 bits per heavy atom. The number of methoxy groups -OCH3 is 3. The van der Waals surface area contributed by atoms with E-state index in [-0.39, 0.29) is 26.5 Å². The minimum Gasteiger partial charge on any atom is -0.504 e. The standard InChI is InChI=1S/C6H10O3.C5H9NO3.2CH4/c1-5(4-8-2)6(7)9-3;1-4(6-9-3)5(7)8-2;;/h4H,1-3H3;1-3H3;2*1H4/b5-4+;6-4+;;. The second-order valence-corrected chi connectivity index (χ2v) is 2.88. The van der Waals surface area contributed by atoms with E-state index in [1.54, 1.807) is 6.92 Å². The smallest absolute Gasteiger partial charge is 0.355 e. The Balaban J connectivity index is -0.000000116. The van der Waals surface area contributed by atoms with Crippen LogP contribution in [0.1, 0.15) is 28.7 Å². The largest absolute Gasteiger partial charge is 0.504 e.